The summed E-state index contributed by atoms with van der Waals surface area (Å²) in [4.78, 5) is 20.6. The first-order chi connectivity index (χ1) is 14.6. The molecule has 4 nitrogen and oxygen atoms in total. The molecular weight excluding hydrogens is 417 g/mol. The molecule has 0 aromatic heterocycles. The normalized spacial score (nSPS) is 22.1. The number of piperidine rings is 1. The fourth-order valence-electron chi connectivity index (χ4n) is 4.90. The van der Waals surface area contributed by atoms with Crippen LogP contribution in [0.3, 0.4) is 0 Å². The molecule has 1 saturated heterocycles. The Bertz CT molecular complexity index is 946. The van der Waals surface area contributed by atoms with E-state index in [0.717, 1.165) is 50.1 Å². The summed E-state index contributed by atoms with van der Waals surface area (Å²) in [7, 11) is 0. The van der Waals surface area contributed by atoms with Crippen LogP contribution in [0, 0.1) is 0 Å². The number of amides is 1. The number of carbonyl (C=O) groups excluding carboxylic acids is 1. The van der Waals surface area contributed by atoms with Crippen LogP contribution in [0.5, 0.6) is 0 Å². The highest BCUT2D eigenvalue weighted by molar-refractivity contribution is 6.33. The van der Waals surface area contributed by atoms with Crippen molar-refractivity contribution in [1.29, 1.82) is 0 Å². The third-order valence-corrected chi connectivity index (χ3v) is 7.18. The van der Waals surface area contributed by atoms with Crippen molar-refractivity contribution in [2.45, 2.75) is 50.7 Å². The summed E-state index contributed by atoms with van der Waals surface area (Å²) in [6.07, 6.45) is 5.61. The number of carbonyl (C=O) groups is 1. The van der Waals surface area contributed by atoms with Crippen molar-refractivity contribution >= 4 is 40.5 Å². The molecule has 2 heterocycles. The molecule has 2 aromatic carbocycles. The molecule has 0 N–H and O–H groups in total. The molecule has 0 bridgehead atoms. The van der Waals surface area contributed by atoms with Gasteiger partial charge in [-0.2, -0.15) is 0 Å². The molecule has 5 rings (SSSR count). The Morgan fingerprint density at radius 3 is 2.53 bits per heavy atom. The summed E-state index contributed by atoms with van der Waals surface area (Å²) in [6, 6.07) is 14.5. The third kappa shape index (κ3) is 3.93. The van der Waals surface area contributed by atoms with E-state index < -0.39 is 0 Å². The van der Waals surface area contributed by atoms with Crippen LogP contribution >= 0.6 is 23.2 Å². The quantitative estimate of drug-likeness (QED) is 0.635. The molecule has 1 atom stereocenters. The van der Waals surface area contributed by atoms with Crippen molar-refractivity contribution in [3.63, 3.8) is 0 Å². The van der Waals surface area contributed by atoms with Gasteiger partial charge in [0.05, 0.1) is 17.4 Å². The lowest BCUT2D eigenvalue weighted by molar-refractivity contribution is -0.125. The maximum absolute atomic E-state index is 13.8. The van der Waals surface area contributed by atoms with Gasteiger partial charge in [0.15, 0.2) is 0 Å². The predicted molar refractivity (Wildman–Crippen MR) is 124 cm³/mol. The van der Waals surface area contributed by atoms with Gasteiger partial charge in [0.2, 0.25) is 5.91 Å². The van der Waals surface area contributed by atoms with Crippen LogP contribution in [0.2, 0.25) is 10.0 Å². The van der Waals surface area contributed by atoms with Crippen LogP contribution in [0.4, 0.5) is 11.4 Å². The minimum Gasteiger partial charge on any atom is -0.365 e. The number of likely N-dealkylation sites (tertiary alicyclic amines) is 1. The van der Waals surface area contributed by atoms with Crippen molar-refractivity contribution in [1.82, 2.24) is 4.90 Å². The number of benzene rings is 2. The second kappa shape index (κ2) is 8.41. The monoisotopic (exact) mass is 443 g/mol. The molecule has 6 heteroatoms. The molecule has 2 fully saturated rings. The Kier molecular flexibility index (Phi) is 5.65. The highest BCUT2D eigenvalue weighted by atomic mass is 35.5. The van der Waals surface area contributed by atoms with Crippen LogP contribution < -0.4 is 9.80 Å². The largest absolute Gasteiger partial charge is 0.365 e. The van der Waals surface area contributed by atoms with Gasteiger partial charge < -0.3 is 9.80 Å². The van der Waals surface area contributed by atoms with Crippen LogP contribution in [0.25, 0.3) is 0 Å². The van der Waals surface area contributed by atoms with E-state index in [1.165, 1.54) is 18.5 Å². The lowest BCUT2D eigenvalue weighted by Gasteiger charge is -2.42. The number of anilines is 2. The average Bonchev–Trinajstić information content (AvgIpc) is 3.61. The number of para-hydroxylation sites is 2. The predicted octanol–water partition coefficient (Wildman–Crippen LogP) is 5.36. The Morgan fingerprint density at radius 2 is 1.73 bits per heavy atom. The highest BCUT2D eigenvalue weighted by Gasteiger charge is 2.38. The summed E-state index contributed by atoms with van der Waals surface area (Å²) >= 11 is 12.6. The fourth-order valence-corrected chi connectivity index (χ4v) is 5.27. The van der Waals surface area contributed by atoms with Gasteiger partial charge in [-0.15, -0.1) is 0 Å². The first-order valence-electron chi connectivity index (χ1n) is 11.0. The van der Waals surface area contributed by atoms with E-state index in [9.17, 15) is 4.79 Å². The minimum absolute atomic E-state index is 0.116. The zero-order chi connectivity index (χ0) is 20.7. The van der Waals surface area contributed by atoms with Crippen LogP contribution in [0.15, 0.2) is 42.5 Å². The van der Waals surface area contributed by atoms with Gasteiger partial charge in [-0.3, -0.25) is 9.69 Å². The van der Waals surface area contributed by atoms with Crippen LogP contribution in [-0.4, -0.2) is 42.5 Å². The van der Waals surface area contributed by atoms with E-state index in [1.807, 2.05) is 29.2 Å². The van der Waals surface area contributed by atoms with Crippen molar-refractivity contribution < 1.29 is 4.79 Å². The van der Waals surface area contributed by atoms with Gasteiger partial charge in [0, 0.05) is 35.7 Å². The molecule has 0 spiro atoms. The minimum atomic E-state index is -0.116. The van der Waals surface area contributed by atoms with E-state index in [0.29, 0.717) is 22.6 Å². The molecule has 2 aromatic rings. The summed E-state index contributed by atoms with van der Waals surface area (Å²) in [5.41, 5.74) is 3.26. The number of fused-ring (bicyclic) bond motifs is 1. The van der Waals surface area contributed by atoms with Crippen molar-refractivity contribution in [3.8, 4) is 0 Å². The van der Waals surface area contributed by atoms with E-state index >= 15 is 0 Å². The third-order valence-electron chi connectivity index (χ3n) is 6.58. The first-order valence-corrected chi connectivity index (χ1v) is 11.7. The second-order valence-electron chi connectivity index (χ2n) is 8.62. The summed E-state index contributed by atoms with van der Waals surface area (Å²) in [5.74, 6) is 0.218. The van der Waals surface area contributed by atoms with Crippen molar-refractivity contribution in [2.75, 3.05) is 29.4 Å². The zero-order valence-corrected chi connectivity index (χ0v) is 18.6. The first kappa shape index (κ1) is 20.2. The van der Waals surface area contributed by atoms with E-state index in [2.05, 4.69) is 28.0 Å². The van der Waals surface area contributed by atoms with Gasteiger partial charge in [-0.05, 0) is 68.1 Å². The maximum atomic E-state index is 13.8. The van der Waals surface area contributed by atoms with Crippen LogP contribution in [-0.2, 0) is 11.3 Å². The number of nitrogens with zero attached hydrogens (tertiary/aromatic N) is 3. The smallest absolute Gasteiger partial charge is 0.244 e. The zero-order valence-electron chi connectivity index (χ0n) is 17.1. The Hall–Kier alpha value is -1.75. The van der Waals surface area contributed by atoms with Gasteiger partial charge in [0.25, 0.3) is 0 Å². The summed E-state index contributed by atoms with van der Waals surface area (Å²) in [6.45, 7) is 3.23. The van der Waals surface area contributed by atoms with Gasteiger partial charge in [-0.1, -0.05) is 41.8 Å². The number of hydrogen-bond acceptors (Lipinski definition) is 3. The Balaban J connectivity index is 1.40. The van der Waals surface area contributed by atoms with Crippen molar-refractivity contribution in [3.05, 3.63) is 58.1 Å². The summed E-state index contributed by atoms with van der Waals surface area (Å²) < 4.78 is 0. The average molecular weight is 444 g/mol. The van der Waals surface area contributed by atoms with E-state index in [1.54, 1.807) is 0 Å². The van der Waals surface area contributed by atoms with E-state index in [4.69, 9.17) is 23.2 Å². The molecule has 1 aliphatic carbocycles. The fraction of sp³-hybridized carbons (Fsp3) is 0.458. The topological polar surface area (TPSA) is 26.8 Å². The molecule has 30 heavy (non-hydrogen) atoms. The lowest BCUT2D eigenvalue weighted by Crippen LogP contribution is -2.54. The van der Waals surface area contributed by atoms with Crippen LogP contribution in [0.1, 0.15) is 37.7 Å². The Labute approximate surface area is 188 Å². The maximum Gasteiger partial charge on any atom is 0.244 e. The van der Waals surface area contributed by atoms with Gasteiger partial charge >= 0.3 is 0 Å². The molecule has 3 aliphatic rings. The van der Waals surface area contributed by atoms with E-state index in [-0.39, 0.29) is 11.9 Å². The molecule has 1 saturated carbocycles. The highest BCUT2D eigenvalue weighted by Crippen LogP contribution is 2.40. The number of halogens is 2. The molecule has 0 unspecified atom stereocenters. The molecule has 158 valence electrons. The SMILES string of the molecule is O=C([C@H]1CCCCN1Cc1cc(Cl)ccc1Cl)N1CCN(C2CC2)c2ccccc21. The Morgan fingerprint density at radius 1 is 0.933 bits per heavy atom. The second-order valence-corrected chi connectivity index (χ2v) is 9.46. The molecule has 1 amide bonds. The molecule has 2 aliphatic heterocycles. The number of rotatable bonds is 4. The number of hydrogen-bond donors (Lipinski definition) is 0. The van der Waals surface area contributed by atoms with Gasteiger partial charge in [0.1, 0.15) is 0 Å². The lowest BCUT2D eigenvalue weighted by atomic mass is 9.99. The standard InChI is InChI=1S/C24H27Cl2N3O/c25-18-8-11-20(26)17(15-18)16-27-12-4-3-7-23(27)24(30)29-14-13-28(19-9-10-19)21-5-1-2-6-22(21)29/h1-2,5-6,8,11,15,19,23H,3-4,7,9-10,12-14,16H2/t23-/m1/s1. The van der Waals surface area contributed by atoms with Crippen molar-refractivity contribution in [2.24, 2.45) is 0 Å². The molecular formula is C24H27Cl2N3O. The van der Waals surface area contributed by atoms with Gasteiger partial charge in [-0.25, -0.2) is 0 Å². The molecule has 0 radical (unpaired) electrons. The summed E-state index contributed by atoms with van der Waals surface area (Å²) in [5, 5.41) is 1.39.